The van der Waals surface area contributed by atoms with Crippen molar-refractivity contribution in [3.8, 4) is 11.5 Å². The lowest BCUT2D eigenvalue weighted by Gasteiger charge is -2.31. The summed E-state index contributed by atoms with van der Waals surface area (Å²) in [6, 6.07) is 11.6. The molecule has 3 rings (SSSR count). The van der Waals surface area contributed by atoms with Crippen LogP contribution in [-0.4, -0.2) is 47.4 Å². The highest BCUT2D eigenvalue weighted by atomic mass is 79.9. The van der Waals surface area contributed by atoms with Crippen molar-refractivity contribution in [2.24, 2.45) is 0 Å². The van der Waals surface area contributed by atoms with E-state index in [1.165, 1.54) is 21.4 Å². The molecule has 1 heterocycles. The highest BCUT2D eigenvalue weighted by molar-refractivity contribution is 9.10. The van der Waals surface area contributed by atoms with Crippen molar-refractivity contribution in [1.82, 2.24) is 9.80 Å². The first-order valence-corrected chi connectivity index (χ1v) is 10.9. The number of likely N-dealkylation sites (N-methyl/N-ethyl adjacent to an activating group) is 2. The summed E-state index contributed by atoms with van der Waals surface area (Å²) in [5.41, 5.74) is 2.87. The highest BCUT2D eigenvalue weighted by Crippen LogP contribution is 2.36. The van der Waals surface area contributed by atoms with Crippen molar-refractivity contribution >= 4 is 51.2 Å². The summed E-state index contributed by atoms with van der Waals surface area (Å²) in [6.07, 6.45) is 1.54. The van der Waals surface area contributed by atoms with Crippen LogP contribution in [-0.2, 0) is 16.2 Å². The Labute approximate surface area is 195 Å². The lowest BCUT2D eigenvalue weighted by atomic mass is 10.1. The maximum atomic E-state index is 12.6. The van der Waals surface area contributed by atoms with Gasteiger partial charge in [0.2, 0.25) is 0 Å². The molecule has 0 N–H and O–H groups in total. The van der Waals surface area contributed by atoms with Crippen LogP contribution in [0.15, 0.2) is 46.4 Å². The highest BCUT2D eigenvalue weighted by Gasteiger charge is 2.35. The number of thiocarbonyl (C=S) groups is 1. The van der Waals surface area contributed by atoms with Crippen LogP contribution in [0.1, 0.15) is 23.6 Å². The van der Waals surface area contributed by atoms with E-state index < -0.39 is 11.8 Å². The maximum absolute atomic E-state index is 12.6. The number of amides is 2. The lowest BCUT2D eigenvalue weighted by Crippen LogP contribution is -2.52. The fourth-order valence-corrected chi connectivity index (χ4v) is 3.62. The van der Waals surface area contributed by atoms with Crippen molar-refractivity contribution in [2.75, 3.05) is 20.7 Å². The molecule has 31 heavy (non-hydrogen) atoms. The Morgan fingerprint density at radius 3 is 2.16 bits per heavy atom. The molecule has 2 aromatic rings. The average Bonchev–Trinajstić information content (AvgIpc) is 2.76. The number of aryl methyl sites for hydroxylation is 1. The topological polar surface area (TPSA) is 59.1 Å². The molecule has 162 valence electrons. The molecule has 0 bridgehead atoms. The predicted octanol–water partition coefficient (Wildman–Crippen LogP) is 4.33. The zero-order valence-electron chi connectivity index (χ0n) is 17.8. The van der Waals surface area contributed by atoms with E-state index in [4.69, 9.17) is 21.7 Å². The molecular weight excluding hydrogens is 480 g/mol. The first kappa shape index (κ1) is 23.0. The Morgan fingerprint density at radius 2 is 1.58 bits per heavy atom. The van der Waals surface area contributed by atoms with Gasteiger partial charge in [0, 0.05) is 18.6 Å². The molecule has 0 spiro atoms. The summed E-state index contributed by atoms with van der Waals surface area (Å²) in [7, 11) is 3.09. The maximum Gasteiger partial charge on any atom is 0.265 e. The van der Waals surface area contributed by atoms with E-state index in [1.807, 2.05) is 38.1 Å². The fourth-order valence-electron chi connectivity index (χ4n) is 3.02. The van der Waals surface area contributed by atoms with Gasteiger partial charge in [-0.3, -0.25) is 19.4 Å². The molecule has 0 aliphatic carbocycles. The number of carbonyl (C=O) groups excluding carboxylic acids is 2. The second kappa shape index (κ2) is 9.62. The second-order valence-corrected chi connectivity index (χ2v) is 8.32. The molecule has 0 atom stereocenters. The normalized spacial score (nSPS) is 14.2. The van der Waals surface area contributed by atoms with Crippen LogP contribution in [0.25, 0.3) is 6.08 Å². The number of nitrogens with zero attached hydrogens (tertiary/aromatic N) is 2. The Hall–Kier alpha value is -2.71. The quantitative estimate of drug-likeness (QED) is 0.334. The number of ether oxygens (including phenoxy) is 2. The SMILES string of the molecule is CCOc1cc(C=C2C(=O)N(C)C(=S)N(C)C2=O)c(Br)cc1OCc1ccc(C)cc1. The number of benzene rings is 2. The van der Waals surface area contributed by atoms with E-state index in [0.29, 0.717) is 34.7 Å². The number of halogens is 1. The smallest absolute Gasteiger partial charge is 0.265 e. The van der Waals surface area contributed by atoms with Gasteiger partial charge in [0.15, 0.2) is 16.6 Å². The van der Waals surface area contributed by atoms with Crippen LogP contribution in [0.2, 0.25) is 0 Å². The molecule has 0 unspecified atom stereocenters. The molecule has 1 saturated heterocycles. The molecular formula is C23H23BrN2O4S. The van der Waals surface area contributed by atoms with Gasteiger partial charge in [-0.2, -0.15) is 0 Å². The lowest BCUT2D eigenvalue weighted by molar-refractivity contribution is -0.132. The summed E-state index contributed by atoms with van der Waals surface area (Å²) in [4.78, 5) is 27.8. The second-order valence-electron chi connectivity index (χ2n) is 7.10. The Morgan fingerprint density at radius 1 is 1.00 bits per heavy atom. The van der Waals surface area contributed by atoms with Gasteiger partial charge >= 0.3 is 0 Å². The van der Waals surface area contributed by atoms with Crippen molar-refractivity contribution in [1.29, 1.82) is 0 Å². The zero-order valence-corrected chi connectivity index (χ0v) is 20.2. The number of hydrogen-bond donors (Lipinski definition) is 0. The largest absolute Gasteiger partial charge is 0.490 e. The van der Waals surface area contributed by atoms with Gasteiger partial charge in [0.25, 0.3) is 11.8 Å². The minimum Gasteiger partial charge on any atom is -0.490 e. The van der Waals surface area contributed by atoms with E-state index in [1.54, 1.807) is 26.2 Å². The number of hydrogen-bond acceptors (Lipinski definition) is 5. The fraction of sp³-hybridized carbons (Fsp3) is 0.261. The van der Waals surface area contributed by atoms with Gasteiger partial charge in [0.05, 0.1) is 6.61 Å². The molecule has 1 aliphatic rings. The van der Waals surface area contributed by atoms with Gasteiger partial charge in [-0.1, -0.05) is 45.8 Å². The van der Waals surface area contributed by atoms with Gasteiger partial charge in [-0.25, -0.2) is 0 Å². The number of carbonyl (C=O) groups is 2. The third-order valence-electron chi connectivity index (χ3n) is 4.82. The summed E-state index contributed by atoms with van der Waals surface area (Å²) in [6.45, 7) is 4.74. The average molecular weight is 503 g/mol. The molecule has 8 heteroatoms. The van der Waals surface area contributed by atoms with Crippen molar-refractivity contribution in [3.63, 3.8) is 0 Å². The van der Waals surface area contributed by atoms with E-state index >= 15 is 0 Å². The van der Waals surface area contributed by atoms with Gasteiger partial charge in [-0.05, 0) is 55.4 Å². The summed E-state index contributed by atoms with van der Waals surface area (Å²) in [5, 5.41) is 0.168. The summed E-state index contributed by atoms with van der Waals surface area (Å²) < 4.78 is 12.4. The van der Waals surface area contributed by atoms with Crippen LogP contribution >= 0.6 is 28.1 Å². The molecule has 1 aliphatic heterocycles. The monoisotopic (exact) mass is 502 g/mol. The molecule has 1 fully saturated rings. The number of rotatable bonds is 6. The summed E-state index contributed by atoms with van der Waals surface area (Å²) in [5.74, 6) is 0.195. The van der Waals surface area contributed by atoms with Crippen LogP contribution in [0, 0.1) is 6.92 Å². The third-order valence-corrected chi connectivity index (χ3v) is 6.06. The van der Waals surface area contributed by atoms with Gasteiger partial charge in [-0.15, -0.1) is 0 Å². The Bertz CT molecular complexity index is 1040. The van der Waals surface area contributed by atoms with Crippen LogP contribution in [0.4, 0.5) is 0 Å². The van der Waals surface area contributed by atoms with Crippen LogP contribution in [0.3, 0.4) is 0 Å². The molecule has 0 radical (unpaired) electrons. The third kappa shape index (κ3) is 4.97. The van der Waals surface area contributed by atoms with Crippen molar-refractivity contribution in [3.05, 3.63) is 63.1 Å². The zero-order chi connectivity index (χ0) is 22.7. The predicted molar refractivity (Wildman–Crippen MR) is 127 cm³/mol. The summed E-state index contributed by atoms with van der Waals surface area (Å²) >= 11 is 8.66. The molecule has 0 aromatic heterocycles. The standard InChI is InChI=1S/C23H23BrN2O4S/c1-5-29-19-11-16(10-17-21(27)25(3)23(31)26(4)22(17)28)18(24)12-20(19)30-13-15-8-6-14(2)7-9-15/h6-12H,5,13H2,1-4H3. The molecule has 2 aromatic carbocycles. The first-order valence-electron chi connectivity index (χ1n) is 9.69. The van der Waals surface area contributed by atoms with E-state index in [9.17, 15) is 9.59 Å². The van der Waals surface area contributed by atoms with Crippen molar-refractivity contribution < 1.29 is 19.1 Å². The Balaban J connectivity index is 1.93. The van der Waals surface area contributed by atoms with Crippen molar-refractivity contribution in [2.45, 2.75) is 20.5 Å². The Kier molecular flexibility index (Phi) is 7.12. The molecule has 0 saturated carbocycles. The minimum atomic E-state index is -0.447. The van der Waals surface area contributed by atoms with Gasteiger partial charge in [0.1, 0.15) is 12.2 Å². The molecule has 6 nitrogen and oxygen atoms in total. The van der Waals surface area contributed by atoms with E-state index in [0.717, 1.165) is 5.56 Å². The first-order chi connectivity index (χ1) is 14.7. The minimum absolute atomic E-state index is 0.0232. The van der Waals surface area contributed by atoms with Crippen LogP contribution < -0.4 is 9.47 Å². The van der Waals surface area contributed by atoms with E-state index in [2.05, 4.69) is 15.9 Å². The van der Waals surface area contributed by atoms with Crippen LogP contribution in [0.5, 0.6) is 11.5 Å². The van der Waals surface area contributed by atoms with E-state index in [-0.39, 0.29) is 10.7 Å². The molecule has 2 amide bonds. The van der Waals surface area contributed by atoms with Gasteiger partial charge < -0.3 is 9.47 Å².